The third-order valence-corrected chi connectivity index (χ3v) is 2.97. The molecule has 2 N–H and O–H groups in total. The zero-order chi connectivity index (χ0) is 11.1. The summed E-state index contributed by atoms with van der Waals surface area (Å²) in [5.41, 5.74) is 7.53. The molecule has 84 valence electrons. The van der Waals surface area contributed by atoms with Crippen molar-refractivity contribution < 1.29 is 0 Å². The van der Waals surface area contributed by atoms with E-state index >= 15 is 0 Å². The highest BCUT2D eigenvalue weighted by molar-refractivity contribution is 7.99. The molecule has 0 aliphatic heterocycles. The maximum Gasteiger partial charge on any atom is 0.187 e. The number of hydrogen-bond acceptors (Lipinski definition) is 4. The van der Waals surface area contributed by atoms with Crippen LogP contribution in [0.25, 0.3) is 0 Å². The van der Waals surface area contributed by atoms with Gasteiger partial charge in [0.1, 0.15) is 0 Å². The van der Waals surface area contributed by atoms with E-state index in [-0.39, 0.29) is 0 Å². The molecule has 1 aromatic rings. The van der Waals surface area contributed by atoms with Crippen molar-refractivity contribution in [2.45, 2.75) is 38.3 Å². The van der Waals surface area contributed by atoms with Gasteiger partial charge in [0.25, 0.3) is 0 Å². The predicted octanol–water partition coefficient (Wildman–Crippen LogP) is 2.31. The highest BCUT2D eigenvalue weighted by atomic mass is 32.2. The fourth-order valence-electron chi connectivity index (χ4n) is 1.34. The van der Waals surface area contributed by atoms with Gasteiger partial charge in [-0.15, -0.1) is 0 Å². The van der Waals surface area contributed by atoms with Gasteiger partial charge in [0.05, 0.1) is 0 Å². The van der Waals surface area contributed by atoms with E-state index in [1.807, 2.05) is 19.9 Å². The fraction of sp³-hybridized carbons (Fsp3) is 0.636. The second-order valence-electron chi connectivity index (χ2n) is 3.63. The second kappa shape index (κ2) is 6.80. The molecule has 0 radical (unpaired) electrons. The molecule has 4 heteroatoms. The summed E-state index contributed by atoms with van der Waals surface area (Å²) in [6.45, 7) is 4.81. The molecule has 15 heavy (non-hydrogen) atoms. The zero-order valence-corrected chi connectivity index (χ0v) is 10.3. The van der Waals surface area contributed by atoms with Crippen molar-refractivity contribution in [3.63, 3.8) is 0 Å². The van der Waals surface area contributed by atoms with E-state index < -0.39 is 0 Å². The standard InChI is InChI=1S/C11H19N3S/c1-9-8-10(2)14-11(13-9)15-7-5-3-4-6-12/h8H,3-7,12H2,1-2H3. The molecule has 1 heterocycles. The Morgan fingerprint density at radius 3 is 2.40 bits per heavy atom. The summed E-state index contributed by atoms with van der Waals surface area (Å²) in [6.07, 6.45) is 3.51. The Morgan fingerprint density at radius 2 is 1.80 bits per heavy atom. The van der Waals surface area contributed by atoms with E-state index in [1.54, 1.807) is 11.8 Å². The topological polar surface area (TPSA) is 51.8 Å². The molecular formula is C11H19N3S. The first-order valence-electron chi connectivity index (χ1n) is 5.37. The van der Waals surface area contributed by atoms with Crippen LogP contribution in [0.5, 0.6) is 0 Å². The van der Waals surface area contributed by atoms with Gasteiger partial charge < -0.3 is 5.73 Å². The molecule has 1 rings (SSSR count). The normalized spacial score (nSPS) is 10.6. The lowest BCUT2D eigenvalue weighted by atomic mass is 10.2. The fourth-order valence-corrected chi connectivity index (χ4v) is 2.29. The number of aryl methyl sites for hydroxylation is 2. The summed E-state index contributed by atoms with van der Waals surface area (Å²) in [5.74, 6) is 1.09. The van der Waals surface area contributed by atoms with E-state index in [1.165, 1.54) is 12.8 Å². The van der Waals surface area contributed by atoms with Crippen LogP contribution in [0.3, 0.4) is 0 Å². The van der Waals surface area contributed by atoms with Crippen molar-refractivity contribution in [2.24, 2.45) is 5.73 Å². The molecule has 0 bridgehead atoms. The van der Waals surface area contributed by atoms with Gasteiger partial charge in [-0.1, -0.05) is 18.2 Å². The van der Waals surface area contributed by atoms with Crippen molar-refractivity contribution in [2.75, 3.05) is 12.3 Å². The van der Waals surface area contributed by atoms with Crippen LogP contribution < -0.4 is 5.73 Å². The highest BCUT2D eigenvalue weighted by Crippen LogP contribution is 2.15. The van der Waals surface area contributed by atoms with Crippen LogP contribution >= 0.6 is 11.8 Å². The number of unbranched alkanes of at least 4 members (excludes halogenated alkanes) is 2. The molecule has 0 saturated heterocycles. The van der Waals surface area contributed by atoms with E-state index in [0.717, 1.165) is 35.3 Å². The van der Waals surface area contributed by atoms with Crippen molar-refractivity contribution in [1.29, 1.82) is 0 Å². The molecule has 0 atom stereocenters. The van der Waals surface area contributed by atoms with Crippen molar-refractivity contribution in [3.05, 3.63) is 17.5 Å². The molecule has 0 fully saturated rings. The van der Waals surface area contributed by atoms with Crippen LogP contribution in [0.15, 0.2) is 11.2 Å². The van der Waals surface area contributed by atoms with Crippen LogP contribution in [0.4, 0.5) is 0 Å². The molecule has 0 unspecified atom stereocenters. The van der Waals surface area contributed by atoms with E-state index in [4.69, 9.17) is 5.73 Å². The molecule has 0 aliphatic rings. The summed E-state index contributed by atoms with van der Waals surface area (Å²) in [7, 11) is 0. The Bertz CT molecular complexity index is 282. The first kappa shape index (κ1) is 12.5. The van der Waals surface area contributed by atoms with E-state index in [9.17, 15) is 0 Å². The summed E-state index contributed by atoms with van der Waals surface area (Å²) in [4.78, 5) is 8.76. The minimum atomic E-state index is 0.796. The summed E-state index contributed by atoms with van der Waals surface area (Å²) < 4.78 is 0. The van der Waals surface area contributed by atoms with Crippen LogP contribution in [0.1, 0.15) is 30.7 Å². The van der Waals surface area contributed by atoms with Gasteiger partial charge in [0, 0.05) is 17.1 Å². The summed E-state index contributed by atoms with van der Waals surface area (Å²) >= 11 is 1.74. The van der Waals surface area contributed by atoms with E-state index in [0.29, 0.717) is 0 Å². The number of hydrogen-bond donors (Lipinski definition) is 1. The van der Waals surface area contributed by atoms with Crippen LogP contribution in [0.2, 0.25) is 0 Å². The summed E-state index contributed by atoms with van der Waals surface area (Å²) in [6, 6.07) is 2.00. The smallest absolute Gasteiger partial charge is 0.187 e. The highest BCUT2D eigenvalue weighted by Gasteiger charge is 1.99. The zero-order valence-electron chi connectivity index (χ0n) is 9.49. The van der Waals surface area contributed by atoms with Gasteiger partial charge in [0.2, 0.25) is 0 Å². The summed E-state index contributed by atoms with van der Waals surface area (Å²) in [5, 5.41) is 0.903. The molecule has 0 saturated carbocycles. The number of thioether (sulfide) groups is 1. The predicted molar refractivity (Wildman–Crippen MR) is 65.1 cm³/mol. The lowest BCUT2D eigenvalue weighted by Crippen LogP contribution is -1.98. The van der Waals surface area contributed by atoms with Gasteiger partial charge in [-0.05, 0) is 39.3 Å². The van der Waals surface area contributed by atoms with Gasteiger partial charge in [-0.25, -0.2) is 9.97 Å². The minimum absolute atomic E-state index is 0.796. The molecule has 0 spiro atoms. The first-order chi connectivity index (χ1) is 7.22. The first-order valence-corrected chi connectivity index (χ1v) is 6.36. The molecule has 0 aromatic carbocycles. The Kier molecular flexibility index (Phi) is 5.65. The molecule has 3 nitrogen and oxygen atoms in total. The lowest BCUT2D eigenvalue weighted by molar-refractivity contribution is 0.731. The average Bonchev–Trinajstić information content (AvgIpc) is 2.16. The van der Waals surface area contributed by atoms with Crippen LogP contribution in [-0.2, 0) is 0 Å². The number of nitrogens with zero attached hydrogens (tertiary/aromatic N) is 2. The van der Waals surface area contributed by atoms with E-state index in [2.05, 4.69) is 9.97 Å². The minimum Gasteiger partial charge on any atom is -0.330 e. The van der Waals surface area contributed by atoms with Crippen LogP contribution in [0, 0.1) is 13.8 Å². The number of nitrogens with two attached hydrogens (primary N) is 1. The van der Waals surface area contributed by atoms with Crippen molar-refractivity contribution in [1.82, 2.24) is 9.97 Å². The Morgan fingerprint density at radius 1 is 1.13 bits per heavy atom. The Hall–Kier alpha value is -0.610. The SMILES string of the molecule is Cc1cc(C)nc(SCCCCCN)n1. The Labute approximate surface area is 95.9 Å². The molecule has 0 amide bonds. The third-order valence-electron chi connectivity index (χ3n) is 2.04. The number of aromatic nitrogens is 2. The average molecular weight is 225 g/mol. The quantitative estimate of drug-likeness (QED) is 0.458. The molecule has 0 aliphatic carbocycles. The molecule has 1 aromatic heterocycles. The monoisotopic (exact) mass is 225 g/mol. The van der Waals surface area contributed by atoms with Gasteiger partial charge in [0.15, 0.2) is 5.16 Å². The van der Waals surface area contributed by atoms with Crippen molar-refractivity contribution >= 4 is 11.8 Å². The Balaban J connectivity index is 2.31. The second-order valence-corrected chi connectivity index (χ2v) is 4.69. The maximum atomic E-state index is 5.43. The third kappa shape index (κ3) is 5.14. The number of rotatable bonds is 6. The van der Waals surface area contributed by atoms with Crippen LogP contribution in [-0.4, -0.2) is 22.3 Å². The van der Waals surface area contributed by atoms with Gasteiger partial charge >= 0.3 is 0 Å². The van der Waals surface area contributed by atoms with Crippen molar-refractivity contribution in [3.8, 4) is 0 Å². The largest absolute Gasteiger partial charge is 0.330 e. The van der Waals surface area contributed by atoms with Gasteiger partial charge in [-0.2, -0.15) is 0 Å². The lowest BCUT2D eigenvalue weighted by Gasteiger charge is -2.02. The van der Waals surface area contributed by atoms with Gasteiger partial charge in [-0.3, -0.25) is 0 Å². The molecular weight excluding hydrogens is 206 g/mol. The maximum absolute atomic E-state index is 5.43.